The summed E-state index contributed by atoms with van der Waals surface area (Å²) in [6.45, 7) is 3.21. The lowest BCUT2D eigenvalue weighted by Gasteiger charge is -2.32. The van der Waals surface area contributed by atoms with E-state index in [9.17, 15) is 13.2 Å². The van der Waals surface area contributed by atoms with Crippen molar-refractivity contribution in [3.8, 4) is 0 Å². The maximum atomic E-state index is 13.3. The van der Waals surface area contributed by atoms with Crippen molar-refractivity contribution in [2.24, 2.45) is 0 Å². The number of nitrogens with zero attached hydrogens (tertiary/aromatic N) is 1. The molecule has 0 aromatic heterocycles. The number of rotatable bonds is 3. The minimum Gasteiger partial charge on any atom is -0.315 e. The van der Waals surface area contributed by atoms with Gasteiger partial charge in [0.2, 0.25) is 0 Å². The fourth-order valence-corrected chi connectivity index (χ4v) is 3.77. The van der Waals surface area contributed by atoms with Crippen molar-refractivity contribution in [2.75, 3.05) is 26.2 Å². The molecule has 2 aromatic rings. The van der Waals surface area contributed by atoms with Crippen molar-refractivity contribution >= 4 is 23.2 Å². The van der Waals surface area contributed by atoms with E-state index in [1.54, 1.807) is 12.1 Å². The van der Waals surface area contributed by atoms with Gasteiger partial charge in [-0.25, -0.2) is 0 Å². The van der Waals surface area contributed by atoms with Gasteiger partial charge < -0.3 is 5.32 Å². The Kier molecular flexibility index (Phi) is 6.13. The van der Waals surface area contributed by atoms with Gasteiger partial charge in [0, 0.05) is 24.7 Å². The Morgan fingerprint density at radius 3 is 2.46 bits per heavy atom. The Morgan fingerprint density at radius 2 is 1.73 bits per heavy atom. The zero-order valence-corrected chi connectivity index (χ0v) is 15.5. The van der Waals surface area contributed by atoms with Crippen molar-refractivity contribution < 1.29 is 13.2 Å². The predicted octanol–water partition coefficient (Wildman–Crippen LogP) is 5.40. The summed E-state index contributed by atoms with van der Waals surface area (Å²) < 4.78 is 40.0. The third kappa shape index (κ3) is 4.52. The summed E-state index contributed by atoms with van der Waals surface area (Å²) in [6, 6.07) is 11.1. The molecule has 1 aliphatic rings. The van der Waals surface area contributed by atoms with Gasteiger partial charge in [-0.2, -0.15) is 13.2 Å². The van der Waals surface area contributed by atoms with Crippen LogP contribution in [0.1, 0.15) is 29.2 Å². The highest BCUT2D eigenvalue weighted by atomic mass is 35.5. The molecule has 26 heavy (non-hydrogen) atoms. The van der Waals surface area contributed by atoms with Gasteiger partial charge in [-0.3, -0.25) is 4.90 Å². The van der Waals surface area contributed by atoms with Crippen molar-refractivity contribution in [3.63, 3.8) is 0 Å². The van der Waals surface area contributed by atoms with Crippen molar-refractivity contribution in [1.29, 1.82) is 0 Å². The van der Waals surface area contributed by atoms with Crippen LogP contribution in [0, 0.1) is 0 Å². The van der Waals surface area contributed by atoms with Crippen LogP contribution in [0.3, 0.4) is 0 Å². The normalized spacial score (nSPS) is 17.7. The first-order valence-corrected chi connectivity index (χ1v) is 9.19. The summed E-state index contributed by atoms with van der Waals surface area (Å²) in [4.78, 5) is 2.19. The van der Waals surface area contributed by atoms with Gasteiger partial charge in [0.1, 0.15) is 0 Å². The zero-order chi connectivity index (χ0) is 18.7. The highest BCUT2D eigenvalue weighted by Crippen LogP contribution is 2.38. The molecule has 140 valence electrons. The molecule has 7 heteroatoms. The Balaban J connectivity index is 2.08. The Hall–Kier alpha value is -1.27. The fraction of sp³-hybridized carbons (Fsp3) is 0.368. The average Bonchev–Trinajstić information content (AvgIpc) is 2.85. The third-order valence-corrected chi connectivity index (χ3v) is 5.08. The van der Waals surface area contributed by atoms with E-state index in [4.69, 9.17) is 23.2 Å². The van der Waals surface area contributed by atoms with Crippen molar-refractivity contribution in [3.05, 3.63) is 69.2 Å². The largest absolute Gasteiger partial charge is 0.417 e. The molecule has 0 saturated carbocycles. The molecule has 1 heterocycles. The van der Waals surface area contributed by atoms with Crippen molar-refractivity contribution in [2.45, 2.75) is 18.6 Å². The zero-order valence-electron chi connectivity index (χ0n) is 14.0. The molecule has 2 nitrogen and oxygen atoms in total. The van der Waals surface area contributed by atoms with E-state index in [2.05, 4.69) is 10.2 Å². The molecule has 0 amide bonds. The summed E-state index contributed by atoms with van der Waals surface area (Å²) in [5.41, 5.74) is 0.623. The van der Waals surface area contributed by atoms with Crippen LogP contribution in [0.2, 0.25) is 10.0 Å². The molecule has 1 unspecified atom stereocenters. The third-order valence-electron chi connectivity index (χ3n) is 4.52. The van der Waals surface area contributed by atoms with E-state index in [1.807, 2.05) is 18.2 Å². The van der Waals surface area contributed by atoms with E-state index in [0.29, 0.717) is 10.6 Å². The lowest BCUT2D eigenvalue weighted by Crippen LogP contribution is -2.33. The average molecular weight is 403 g/mol. The maximum absolute atomic E-state index is 13.3. The molecule has 1 N–H and O–H groups in total. The summed E-state index contributed by atoms with van der Waals surface area (Å²) in [7, 11) is 0. The first-order chi connectivity index (χ1) is 12.4. The molecule has 1 atom stereocenters. The van der Waals surface area contributed by atoms with Gasteiger partial charge in [0.05, 0.1) is 16.6 Å². The molecule has 3 rings (SSSR count). The summed E-state index contributed by atoms with van der Waals surface area (Å²) in [6.07, 6.45) is -3.57. The number of alkyl halides is 3. The Labute approximate surface area is 160 Å². The molecule has 0 spiro atoms. The van der Waals surface area contributed by atoms with E-state index < -0.39 is 11.7 Å². The fourth-order valence-electron chi connectivity index (χ4n) is 3.35. The number of nitrogens with one attached hydrogen (secondary N) is 1. The first-order valence-electron chi connectivity index (χ1n) is 8.43. The van der Waals surface area contributed by atoms with Gasteiger partial charge in [0.25, 0.3) is 0 Å². The second-order valence-corrected chi connectivity index (χ2v) is 7.18. The monoisotopic (exact) mass is 402 g/mol. The van der Waals surface area contributed by atoms with Crippen LogP contribution in [0.5, 0.6) is 0 Å². The molecular weight excluding hydrogens is 384 g/mol. The lowest BCUT2D eigenvalue weighted by molar-refractivity contribution is -0.137. The van der Waals surface area contributed by atoms with Gasteiger partial charge in [0.15, 0.2) is 0 Å². The second kappa shape index (κ2) is 8.17. The molecule has 0 radical (unpaired) electrons. The van der Waals surface area contributed by atoms with Crippen LogP contribution in [-0.2, 0) is 6.18 Å². The van der Waals surface area contributed by atoms with E-state index in [1.165, 1.54) is 6.07 Å². The van der Waals surface area contributed by atoms with Gasteiger partial charge in [-0.15, -0.1) is 0 Å². The summed E-state index contributed by atoms with van der Waals surface area (Å²) >= 11 is 11.9. The second-order valence-electron chi connectivity index (χ2n) is 6.33. The minimum absolute atomic E-state index is 0.288. The van der Waals surface area contributed by atoms with E-state index >= 15 is 0 Å². The minimum atomic E-state index is -4.49. The molecule has 1 fully saturated rings. The molecule has 0 bridgehead atoms. The van der Waals surface area contributed by atoms with Crippen LogP contribution < -0.4 is 5.32 Å². The summed E-state index contributed by atoms with van der Waals surface area (Å²) in [5.74, 6) is 0. The molecule has 1 aliphatic heterocycles. The van der Waals surface area contributed by atoms with Gasteiger partial charge in [-0.1, -0.05) is 41.4 Å². The molecule has 0 aliphatic carbocycles. The molecule has 2 aromatic carbocycles. The number of hydrogen-bond acceptors (Lipinski definition) is 2. The molecular formula is C19H19Cl2F3N2. The van der Waals surface area contributed by atoms with Gasteiger partial charge in [-0.05, 0) is 48.4 Å². The SMILES string of the molecule is FC(F)(F)c1cc(C(c2cccc(Cl)c2)N2CCCNCC2)ccc1Cl. The predicted molar refractivity (Wildman–Crippen MR) is 98.8 cm³/mol. The van der Waals surface area contributed by atoms with Crippen molar-refractivity contribution in [1.82, 2.24) is 10.2 Å². The van der Waals surface area contributed by atoms with Crippen LogP contribution >= 0.6 is 23.2 Å². The van der Waals surface area contributed by atoms with E-state index in [0.717, 1.165) is 44.2 Å². The van der Waals surface area contributed by atoms with Crippen LogP contribution in [-0.4, -0.2) is 31.1 Å². The van der Waals surface area contributed by atoms with Crippen LogP contribution in [0.15, 0.2) is 42.5 Å². The highest BCUT2D eigenvalue weighted by molar-refractivity contribution is 6.31. The Morgan fingerprint density at radius 1 is 0.962 bits per heavy atom. The number of hydrogen-bond donors (Lipinski definition) is 1. The Bertz CT molecular complexity index is 757. The number of halogens is 5. The summed E-state index contributed by atoms with van der Waals surface area (Å²) in [5, 5.41) is 3.59. The molecule has 1 saturated heterocycles. The highest BCUT2D eigenvalue weighted by Gasteiger charge is 2.34. The lowest BCUT2D eigenvalue weighted by atomic mass is 9.95. The smallest absolute Gasteiger partial charge is 0.315 e. The quantitative estimate of drug-likeness (QED) is 0.739. The number of benzene rings is 2. The first kappa shape index (κ1) is 19.5. The standard InChI is InChI=1S/C19H19Cl2F3N2/c20-15-4-1-3-13(11-15)18(26-9-2-7-25-8-10-26)14-5-6-17(21)16(12-14)19(22,23)24/h1,3-6,11-12,18,25H,2,7-10H2. The van der Waals surface area contributed by atoms with E-state index in [-0.39, 0.29) is 11.1 Å². The van der Waals surface area contributed by atoms with Crippen LogP contribution in [0.4, 0.5) is 13.2 Å². The maximum Gasteiger partial charge on any atom is 0.417 e. The van der Waals surface area contributed by atoms with Crippen LogP contribution in [0.25, 0.3) is 0 Å². The topological polar surface area (TPSA) is 15.3 Å². The van der Waals surface area contributed by atoms with Gasteiger partial charge >= 0.3 is 6.18 Å².